The van der Waals surface area contributed by atoms with Crippen molar-refractivity contribution in [1.82, 2.24) is 15.3 Å². The fourth-order valence-electron chi connectivity index (χ4n) is 2.13. The average Bonchev–Trinajstić information content (AvgIpc) is 2.27. The Kier molecular flexibility index (Phi) is 3.72. The number of rotatable bonds is 3. The lowest BCUT2D eigenvalue weighted by molar-refractivity contribution is 0.389. The average molecular weight is 220 g/mol. The van der Waals surface area contributed by atoms with Crippen LogP contribution in [-0.2, 0) is 0 Å². The summed E-state index contributed by atoms with van der Waals surface area (Å²) in [5.41, 5.74) is 2.06. The quantitative estimate of drug-likeness (QED) is 0.810. The molecule has 1 aromatic rings. The lowest BCUT2D eigenvalue weighted by atomic mass is 9.98. The second-order valence-corrected chi connectivity index (χ2v) is 4.55. The Morgan fingerprint density at radius 2 is 1.88 bits per heavy atom. The Morgan fingerprint density at radius 3 is 2.50 bits per heavy atom. The molecule has 1 fully saturated rings. The largest absolute Gasteiger partial charge is 0.354 e. The Morgan fingerprint density at radius 1 is 1.25 bits per heavy atom. The Labute approximate surface area is 96.9 Å². The molecular weight excluding hydrogens is 200 g/mol. The minimum atomic E-state index is 0.755. The maximum atomic E-state index is 4.38. The number of anilines is 1. The SMILES string of the molecule is Cc1cc(C)nc(NCC2CCNCC2)n1. The van der Waals surface area contributed by atoms with Crippen LogP contribution in [0, 0.1) is 19.8 Å². The third-order valence-electron chi connectivity index (χ3n) is 2.99. The van der Waals surface area contributed by atoms with E-state index in [1.165, 1.54) is 12.8 Å². The van der Waals surface area contributed by atoms with Crippen LogP contribution in [0.4, 0.5) is 5.95 Å². The molecule has 1 saturated heterocycles. The van der Waals surface area contributed by atoms with E-state index in [-0.39, 0.29) is 0 Å². The molecule has 88 valence electrons. The first kappa shape index (κ1) is 11.3. The molecule has 2 heterocycles. The van der Waals surface area contributed by atoms with Gasteiger partial charge in [0.1, 0.15) is 0 Å². The molecule has 0 radical (unpaired) electrons. The third-order valence-corrected chi connectivity index (χ3v) is 2.99. The number of nitrogens with zero attached hydrogens (tertiary/aromatic N) is 2. The molecule has 0 aliphatic carbocycles. The monoisotopic (exact) mass is 220 g/mol. The summed E-state index contributed by atoms with van der Waals surface area (Å²) < 4.78 is 0. The van der Waals surface area contributed by atoms with E-state index in [9.17, 15) is 0 Å². The normalized spacial score (nSPS) is 17.4. The summed E-state index contributed by atoms with van der Waals surface area (Å²) in [5, 5.41) is 6.72. The Hall–Kier alpha value is -1.16. The summed E-state index contributed by atoms with van der Waals surface area (Å²) in [6.45, 7) is 7.28. The van der Waals surface area contributed by atoms with Crippen LogP contribution in [0.1, 0.15) is 24.2 Å². The van der Waals surface area contributed by atoms with Crippen molar-refractivity contribution in [2.24, 2.45) is 5.92 Å². The van der Waals surface area contributed by atoms with Crippen molar-refractivity contribution in [3.05, 3.63) is 17.5 Å². The Bertz CT molecular complexity index is 325. The van der Waals surface area contributed by atoms with Gasteiger partial charge in [0.25, 0.3) is 0 Å². The van der Waals surface area contributed by atoms with E-state index in [1.807, 2.05) is 19.9 Å². The number of hydrogen-bond donors (Lipinski definition) is 2. The lowest BCUT2D eigenvalue weighted by Crippen LogP contribution is -2.31. The van der Waals surface area contributed by atoms with Crippen molar-refractivity contribution in [3.63, 3.8) is 0 Å². The topological polar surface area (TPSA) is 49.8 Å². The van der Waals surface area contributed by atoms with E-state index >= 15 is 0 Å². The van der Waals surface area contributed by atoms with Crippen molar-refractivity contribution in [3.8, 4) is 0 Å². The van der Waals surface area contributed by atoms with Crippen LogP contribution in [0.15, 0.2) is 6.07 Å². The minimum Gasteiger partial charge on any atom is -0.354 e. The van der Waals surface area contributed by atoms with Gasteiger partial charge in [0.2, 0.25) is 5.95 Å². The fourth-order valence-corrected chi connectivity index (χ4v) is 2.13. The van der Waals surface area contributed by atoms with E-state index in [2.05, 4.69) is 20.6 Å². The predicted octanol–water partition coefficient (Wildman–Crippen LogP) is 1.50. The van der Waals surface area contributed by atoms with Crippen molar-refractivity contribution in [1.29, 1.82) is 0 Å². The molecule has 0 saturated carbocycles. The van der Waals surface area contributed by atoms with Gasteiger partial charge in [0, 0.05) is 17.9 Å². The van der Waals surface area contributed by atoms with Gasteiger partial charge in [-0.15, -0.1) is 0 Å². The van der Waals surface area contributed by atoms with Crippen LogP contribution in [0.25, 0.3) is 0 Å². The molecule has 0 spiro atoms. The third kappa shape index (κ3) is 3.17. The number of hydrogen-bond acceptors (Lipinski definition) is 4. The molecule has 4 nitrogen and oxygen atoms in total. The molecule has 1 aliphatic rings. The molecule has 16 heavy (non-hydrogen) atoms. The van der Waals surface area contributed by atoms with Crippen LogP contribution < -0.4 is 10.6 Å². The van der Waals surface area contributed by atoms with Gasteiger partial charge in [-0.1, -0.05) is 0 Å². The molecule has 0 aromatic carbocycles. The molecule has 1 aromatic heterocycles. The maximum absolute atomic E-state index is 4.38. The molecular formula is C12H20N4. The van der Waals surface area contributed by atoms with Crippen molar-refractivity contribution >= 4 is 5.95 Å². The highest BCUT2D eigenvalue weighted by molar-refractivity contribution is 5.27. The van der Waals surface area contributed by atoms with Gasteiger partial charge in [0.15, 0.2) is 0 Å². The summed E-state index contributed by atoms with van der Waals surface area (Å²) in [6.07, 6.45) is 2.50. The number of aryl methyl sites for hydroxylation is 2. The van der Waals surface area contributed by atoms with Gasteiger partial charge in [-0.05, 0) is 51.8 Å². The van der Waals surface area contributed by atoms with E-state index in [0.717, 1.165) is 42.9 Å². The number of piperidine rings is 1. The zero-order chi connectivity index (χ0) is 11.4. The summed E-state index contributed by atoms with van der Waals surface area (Å²) in [7, 11) is 0. The molecule has 4 heteroatoms. The van der Waals surface area contributed by atoms with Crippen LogP contribution in [-0.4, -0.2) is 29.6 Å². The molecule has 0 amide bonds. The van der Waals surface area contributed by atoms with Crippen LogP contribution in [0.3, 0.4) is 0 Å². The molecule has 0 unspecified atom stereocenters. The highest BCUT2D eigenvalue weighted by Crippen LogP contribution is 2.12. The lowest BCUT2D eigenvalue weighted by Gasteiger charge is -2.22. The highest BCUT2D eigenvalue weighted by atomic mass is 15.1. The van der Waals surface area contributed by atoms with E-state index in [1.54, 1.807) is 0 Å². The second kappa shape index (κ2) is 5.25. The summed E-state index contributed by atoms with van der Waals surface area (Å²) in [5.74, 6) is 1.53. The fraction of sp³-hybridized carbons (Fsp3) is 0.667. The van der Waals surface area contributed by atoms with Gasteiger partial charge in [-0.2, -0.15) is 0 Å². The van der Waals surface area contributed by atoms with Gasteiger partial charge in [-0.25, -0.2) is 9.97 Å². The van der Waals surface area contributed by atoms with Crippen LogP contribution >= 0.6 is 0 Å². The van der Waals surface area contributed by atoms with Crippen molar-refractivity contribution in [2.75, 3.05) is 25.0 Å². The van der Waals surface area contributed by atoms with E-state index in [0.29, 0.717) is 0 Å². The molecule has 2 N–H and O–H groups in total. The molecule has 1 aliphatic heterocycles. The summed E-state index contributed by atoms with van der Waals surface area (Å²) in [6, 6.07) is 2.00. The summed E-state index contributed by atoms with van der Waals surface area (Å²) in [4.78, 5) is 8.76. The minimum absolute atomic E-state index is 0.755. The van der Waals surface area contributed by atoms with Crippen LogP contribution in [0.5, 0.6) is 0 Å². The summed E-state index contributed by atoms with van der Waals surface area (Å²) >= 11 is 0. The van der Waals surface area contributed by atoms with Crippen LogP contribution in [0.2, 0.25) is 0 Å². The van der Waals surface area contributed by atoms with Gasteiger partial charge >= 0.3 is 0 Å². The first-order valence-corrected chi connectivity index (χ1v) is 6.01. The van der Waals surface area contributed by atoms with Gasteiger partial charge < -0.3 is 10.6 Å². The van der Waals surface area contributed by atoms with Gasteiger partial charge in [-0.3, -0.25) is 0 Å². The highest BCUT2D eigenvalue weighted by Gasteiger charge is 2.12. The number of aromatic nitrogens is 2. The van der Waals surface area contributed by atoms with Crippen molar-refractivity contribution < 1.29 is 0 Å². The molecule has 0 atom stereocenters. The van der Waals surface area contributed by atoms with E-state index < -0.39 is 0 Å². The van der Waals surface area contributed by atoms with Crippen molar-refractivity contribution in [2.45, 2.75) is 26.7 Å². The van der Waals surface area contributed by atoms with Gasteiger partial charge in [0.05, 0.1) is 0 Å². The maximum Gasteiger partial charge on any atom is 0.223 e. The second-order valence-electron chi connectivity index (χ2n) is 4.55. The molecule has 0 bridgehead atoms. The standard InChI is InChI=1S/C12H20N4/c1-9-7-10(2)16-12(15-9)14-8-11-3-5-13-6-4-11/h7,11,13H,3-6,8H2,1-2H3,(H,14,15,16). The first-order chi connectivity index (χ1) is 7.74. The Balaban J connectivity index is 1.88. The zero-order valence-corrected chi connectivity index (χ0v) is 10.1. The smallest absolute Gasteiger partial charge is 0.223 e. The zero-order valence-electron chi connectivity index (χ0n) is 10.1. The predicted molar refractivity (Wildman–Crippen MR) is 65.6 cm³/mol. The molecule has 2 rings (SSSR count). The number of nitrogens with one attached hydrogen (secondary N) is 2. The van der Waals surface area contributed by atoms with E-state index in [4.69, 9.17) is 0 Å². The first-order valence-electron chi connectivity index (χ1n) is 6.01.